The first-order valence-electron chi connectivity index (χ1n) is 23.0. The van der Waals surface area contributed by atoms with Gasteiger partial charge in [0.25, 0.3) is 0 Å². The van der Waals surface area contributed by atoms with Gasteiger partial charge in [-0.1, -0.05) is 196 Å². The molecule has 2 heteroatoms. The lowest BCUT2D eigenvalue weighted by molar-refractivity contribution is 0.660. The molecule has 10 aromatic carbocycles. The van der Waals surface area contributed by atoms with E-state index in [1.54, 1.807) is 0 Å². The summed E-state index contributed by atoms with van der Waals surface area (Å²) in [4.78, 5) is 2.47. The number of nitrogens with zero attached hydrogens (tertiary/aromatic N) is 1. The van der Waals surface area contributed by atoms with Crippen molar-refractivity contribution in [1.29, 1.82) is 0 Å². The maximum absolute atomic E-state index is 6.19. The lowest BCUT2D eigenvalue weighted by atomic mass is 9.67. The maximum Gasteiger partial charge on any atom is 0.135 e. The van der Waals surface area contributed by atoms with Crippen molar-refractivity contribution in [3.8, 4) is 44.5 Å². The van der Waals surface area contributed by atoms with Gasteiger partial charge in [0.15, 0.2) is 0 Å². The molecule has 2 aliphatic carbocycles. The lowest BCUT2D eigenvalue weighted by Crippen LogP contribution is -2.28. The van der Waals surface area contributed by atoms with Crippen LogP contribution in [-0.4, -0.2) is 0 Å². The number of hydrogen-bond acceptors (Lipinski definition) is 2. The van der Waals surface area contributed by atoms with Crippen molar-refractivity contribution in [3.05, 3.63) is 270 Å². The summed E-state index contributed by atoms with van der Waals surface area (Å²) in [6.45, 7) is 4.72. The molecule has 0 atom stereocenters. The number of para-hydroxylation sites is 1. The minimum absolute atomic E-state index is 0.134. The summed E-state index contributed by atoms with van der Waals surface area (Å²) in [7, 11) is 0. The summed E-state index contributed by atoms with van der Waals surface area (Å²) >= 11 is 0. The van der Waals surface area contributed by atoms with Crippen LogP contribution in [0.3, 0.4) is 0 Å². The molecule has 0 aliphatic heterocycles. The maximum atomic E-state index is 6.19. The van der Waals surface area contributed by atoms with Crippen LogP contribution in [0.25, 0.3) is 66.4 Å². The zero-order valence-corrected chi connectivity index (χ0v) is 36.9. The van der Waals surface area contributed by atoms with E-state index in [1.807, 2.05) is 12.1 Å². The van der Waals surface area contributed by atoms with E-state index in [-0.39, 0.29) is 5.41 Å². The van der Waals surface area contributed by atoms with Crippen LogP contribution in [0.5, 0.6) is 0 Å². The summed E-state index contributed by atoms with van der Waals surface area (Å²) in [5.41, 5.74) is 22.3. The first kappa shape index (κ1) is 38.3. The van der Waals surface area contributed by atoms with Gasteiger partial charge in [0.1, 0.15) is 11.2 Å². The fourth-order valence-electron chi connectivity index (χ4n) is 11.5. The van der Waals surface area contributed by atoms with Gasteiger partial charge >= 0.3 is 0 Å². The fraction of sp³-hybridized carbons (Fsp3) is 0.0625. The summed E-state index contributed by atoms with van der Waals surface area (Å²) in [5, 5.41) is 2.27. The van der Waals surface area contributed by atoms with Gasteiger partial charge in [-0.05, 0) is 127 Å². The third-order valence-corrected chi connectivity index (χ3v) is 14.6. The zero-order chi connectivity index (χ0) is 44.0. The highest BCUT2D eigenvalue weighted by molar-refractivity contribution is 6.06. The predicted molar refractivity (Wildman–Crippen MR) is 274 cm³/mol. The van der Waals surface area contributed by atoms with Crippen LogP contribution in [0, 0.1) is 0 Å². The SMILES string of the molecule is CC1(C)c2ccccc2-c2c(N(c3ccc(-c4ccc5oc6ccccc6c5c4)cc3)c3cccc(-c4ccc5c(c4)-c4ccccc4C5(c4ccccc4)c4ccccc4)c3)cccc21. The van der Waals surface area contributed by atoms with Gasteiger partial charge in [0, 0.05) is 33.1 Å². The number of rotatable bonds is 7. The van der Waals surface area contributed by atoms with E-state index in [4.69, 9.17) is 4.42 Å². The fourth-order valence-corrected chi connectivity index (χ4v) is 11.5. The van der Waals surface area contributed by atoms with E-state index in [0.29, 0.717) is 0 Å². The zero-order valence-electron chi connectivity index (χ0n) is 36.9. The Morgan fingerprint density at radius 2 is 0.924 bits per heavy atom. The lowest BCUT2D eigenvalue weighted by Gasteiger charge is -2.33. The Hall–Kier alpha value is -8.20. The Morgan fingerprint density at radius 3 is 1.71 bits per heavy atom. The van der Waals surface area contributed by atoms with E-state index in [0.717, 1.165) is 44.4 Å². The van der Waals surface area contributed by atoms with Gasteiger partial charge in [0.05, 0.1) is 11.1 Å². The van der Waals surface area contributed by atoms with Gasteiger partial charge in [-0.15, -0.1) is 0 Å². The summed E-state index contributed by atoms with van der Waals surface area (Å²) in [5.74, 6) is 0. The minimum atomic E-state index is -0.437. The van der Waals surface area contributed by atoms with Crippen LogP contribution in [0.1, 0.15) is 47.2 Å². The third kappa shape index (κ3) is 5.61. The second kappa shape index (κ2) is 14.7. The Bertz CT molecular complexity index is 3630. The molecule has 2 nitrogen and oxygen atoms in total. The topological polar surface area (TPSA) is 16.4 Å². The molecule has 1 heterocycles. The van der Waals surface area contributed by atoms with Gasteiger partial charge in [-0.2, -0.15) is 0 Å². The van der Waals surface area contributed by atoms with Crippen molar-refractivity contribution >= 4 is 39.0 Å². The molecule has 0 fully saturated rings. The van der Waals surface area contributed by atoms with E-state index < -0.39 is 5.41 Å². The Morgan fingerprint density at radius 1 is 0.348 bits per heavy atom. The first-order valence-corrected chi connectivity index (χ1v) is 23.0. The largest absolute Gasteiger partial charge is 0.456 e. The highest BCUT2D eigenvalue weighted by atomic mass is 16.3. The second-order valence-corrected chi connectivity index (χ2v) is 18.4. The Labute approximate surface area is 385 Å². The molecule has 13 rings (SSSR count). The third-order valence-electron chi connectivity index (χ3n) is 14.6. The molecule has 0 spiro atoms. The molecule has 1 aromatic heterocycles. The number of fused-ring (bicyclic) bond motifs is 9. The van der Waals surface area contributed by atoms with Crippen LogP contribution in [0.2, 0.25) is 0 Å². The molecule has 66 heavy (non-hydrogen) atoms. The molecule has 312 valence electrons. The van der Waals surface area contributed by atoms with E-state index in [1.165, 1.54) is 72.4 Å². The normalized spacial score (nSPS) is 13.8. The molecule has 0 saturated carbocycles. The van der Waals surface area contributed by atoms with Gasteiger partial charge in [0.2, 0.25) is 0 Å². The van der Waals surface area contributed by atoms with Crippen LogP contribution in [0.15, 0.2) is 241 Å². The van der Waals surface area contributed by atoms with Crippen LogP contribution >= 0.6 is 0 Å². The highest BCUT2D eigenvalue weighted by Crippen LogP contribution is 2.57. The van der Waals surface area contributed by atoms with Crippen LogP contribution in [0.4, 0.5) is 17.1 Å². The minimum Gasteiger partial charge on any atom is -0.456 e. The highest BCUT2D eigenvalue weighted by Gasteiger charge is 2.46. The van der Waals surface area contributed by atoms with Crippen molar-refractivity contribution in [2.24, 2.45) is 0 Å². The average molecular weight is 844 g/mol. The molecule has 11 aromatic rings. The quantitative estimate of drug-likeness (QED) is 0.159. The predicted octanol–water partition coefficient (Wildman–Crippen LogP) is 17.1. The van der Waals surface area contributed by atoms with E-state index in [2.05, 4.69) is 243 Å². The van der Waals surface area contributed by atoms with E-state index in [9.17, 15) is 0 Å². The first-order chi connectivity index (χ1) is 32.5. The monoisotopic (exact) mass is 843 g/mol. The molecule has 0 radical (unpaired) electrons. The molecule has 0 bridgehead atoms. The summed E-state index contributed by atoms with van der Waals surface area (Å²) < 4.78 is 6.19. The van der Waals surface area contributed by atoms with Crippen molar-refractivity contribution in [2.75, 3.05) is 4.90 Å². The van der Waals surface area contributed by atoms with Gasteiger partial charge in [-0.3, -0.25) is 0 Å². The smallest absolute Gasteiger partial charge is 0.135 e. The molecule has 0 N–H and O–H groups in total. The van der Waals surface area contributed by atoms with E-state index >= 15 is 0 Å². The average Bonchev–Trinajstić information content (AvgIpc) is 3.98. The molecule has 2 aliphatic rings. The molecular formula is C64H45NO. The summed E-state index contributed by atoms with van der Waals surface area (Å²) in [6, 6.07) is 87.1. The molecule has 0 amide bonds. The number of anilines is 3. The Kier molecular flexibility index (Phi) is 8.51. The Balaban J connectivity index is 0.968. The number of benzene rings is 10. The van der Waals surface area contributed by atoms with Gasteiger partial charge in [-0.25, -0.2) is 0 Å². The molecule has 0 unspecified atom stereocenters. The van der Waals surface area contributed by atoms with Crippen molar-refractivity contribution in [1.82, 2.24) is 0 Å². The molecule has 0 saturated heterocycles. The second-order valence-electron chi connectivity index (χ2n) is 18.4. The van der Waals surface area contributed by atoms with Gasteiger partial charge < -0.3 is 9.32 Å². The number of furan rings is 1. The van der Waals surface area contributed by atoms with Crippen molar-refractivity contribution in [3.63, 3.8) is 0 Å². The number of hydrogen-bond donors (Lipinski definition) is 0. The van der Waals surface area contributed by atoms with Crippen LogP contribution in [-0.2, 0) is 10.8 Å². The van der Waals surface area contributed by atoms with Crippen molar-refractivity contribution in [2.45, 2.75) is 24.7 Å². The standard InChI is InChI=1S/C64H45NO/c1-63(2)55-26-12-10-25-52(55)62-58(63)28-16-29-59(62)65(48-35-31-42(32-36-48)44-34-38-61-54(41-44)51-24-11-14-30-60(51)66-61)49-22-15-17-43(39-49)45-33-37-57-53(40-45)50-23-9-13-27-56(50)64(57,46-18-5-3-6-19-46)47-20-7-4-8-21-47/h3-41H,1-2H3. The van der Waals surface area contributed by atoms with Crippen LogP contribution < -0.4 is 4.90 Å². The summed E-state index contributed by atoms with van der Waals surface area (Å²) in [6.07, 6.45) is 0. The van der Waals surface area contributed by atoms with Crippen molar-refractivity contribution < 1.29 is 4.42 Å². The molecular weight excluding hydrogens is 799 g/mol.